The number of hydrogen-bond donors (Lipinski definition) is 1. The number of anilines is 1. The Hall–Kier alpha value is -1.07. The van der Waals surface area contributed by atoms with E-state index in [0.717, 1.165) is 15.7 Å². The molecule has 1 aromatic carbocycles. The van der Waals surface area contributed by atoms with Gasteiger partial charge in [0, 0.05) is 24.1 Å². The van der Waals surface area contributed by atoms with E-state index in [-0.39, 0.29) is 18.6 Å². The second-order valence-electron chi connectivity index (χ2n) is 5.13. The molecule has 0 saturated carbocycles. The van der Waals surface area contributed by atoms with Crippen molar-refractivity contribution in [1.29, 1.82) is 0 Å². The van der Waals surface area contributed by atoms with Crippen molar-refractivity contribution >= 4 is 27.5 Å². The van der Waals surface area contributed by atoms with E-state index in [1.807, 2.05) is 30.0 Å². The third kappa shape index (κ3) is 2.62. The lowest BCUT2D eigenvalue weighted by Gasteiger charge is -2.44. The predicted octanol–water partition coefficient (Wildman–Crippen LogP) is 1.79. The van der Waals surface area contributed by atoms with E-state index in [9.17, 15) is 9.90 Å². The fraction of sp³-hybridized carbons (Fsp3) is 0.500. The van der Waals surface area contributed by atoms with Gasteiger partial charge in [0.25, 0.3) is 0 Å². The Bertz CT molecular complexity index is 492. The molecule has 104 valence electrons. The maximum Gasteiger partial charge on any atom is 0.247 e. The van der Waals surface area contributed by atoms with E-state index in [4.69, 9.17) is 0 Å². The zero-order valence-corrected chi connectivity index (χ0v) is 13.0. The molecule has 0 aromatic heterocycles. The van der Waals surface area contributed by atoms with Crippen LogP contribution in [0.5, 0.6) is 0 Å². The minimum absolute atomic E-state index is 0.0342. The van der Waals surface area contributed by atoms with E-state index < -0.39 is 6.04 Å². The number of carbonyl (C=O) groups excluding carboxylic acids is 1. The smallest absolute Gasteiger partial charge is 0.247 e. The lowest BCUT2D eigenvalue weighted by molar-refractivity contribution is -0.134. The molecule has 1 aromatic rings. The second-order valence-corrected chi connectivity index (χ2v) is 5.98. The van der Waals surface area contributed by atoms with Crippen molar-refractivity contribution in [2.75, 3.05) is 25.1 Å². The summed E-state index contributed by atoms with van der Waals surface area (Å²) < 4.78 is 0.954. The summed E-state index contributed by atoms with van der Waals surface area (Å²) in [7, 11) is 1.78. The average Bonchev–Trinajstić information content (AvgIpc) is 2.34. The van der Waals surface area contributed by atoms with Gasteiger partial charge in [-0.05, 0) is 47.5 Å². The van der Waals surface area contributed by atoms with Crippen LogP contribution in [0.2, 0.25) is 0 Å². The molecule has 4 nitrogen and oxygen atoms in total. The van der Waals surface area contributed by atoms with Gasteiger partial charge in [-0.1, -0.05) is 6.07 Å². The Labute approximate surface area is 122 Å². The topological polar surface area (TPSA) is 43.8 Å². The van der Waals surface area contributed by atoms with Crippen molar-refractivity contribution in [2.24, 2.45) is 0 Å². The normalized spacial score (nSPS) is 23.9. The fourth-order valence-corrected chi connectivity index (χ4v) is 3.35. The summed E-state index contributed by atoms with van der Waals surface area (Å²) in [5.74, 6) is -0.0342. The zero-order valence-electron chi connectivity index (χ0n) is 11.4. The fourth-order valence-electron chi connectivity index (χ4n) is 2.65. The first kappa shape index (κ1) is 14.3. The van der Waals surface area contributed by atoms with Crippen molar-refractivity contribution in [1.82, 2.24) is 4.90 Å². The third-order valence-electron chi connectivity index (χ3n) is 3.56. The molecule has 19 heavy (non-hydrogen) atoms. The standard InChI is InChI=1S/C14H19BrN2O2/c1-9-4-5-12(11(15)6-9)17-10(2)7-16(3)14(19)13(17)8-18/h4-6,10,13,18H,7-8H2,1-3H3. The molecule has 1 heterocycles. The van der Waals surface area contributed by atoms with Gasteiger partial charge in [0.2, 0.25) is 5.91 Å². The molecule has 2 unspecified atom stereocenters. The Kier molecular flexibility index (Phi) is 4.16. The summed E-state index contributed by atoms with van der Waals surface area (Å²) >= 11 is 3.55. The molecule has 1 N–H and O–H groups in total. The number of rotatable bonds is 2. The van der Waals surface area contributed by atoms with Gasteiger partial charge in [-0.15, -0.1) is 0 Å². The van der Waals surface area contributed by atoms with E-state index in [0.29, 0.717) is 6.54 Å². The highest BCUT2D eigenvalue weighted by Gasteiger charge is 2.37. The van der Waals surface area contributed by atoms with E-state index in [1.54, 1.807) is 11.9 Å². The molecular weight excluding hydrogens is 308 g/mol. The summed E-state index contributed by atoms with van der Waals surface area (Å²) in [6.07, 6.45) is 0. The number of halogens is 1. The molecule has 1 amide bonds. The van der Waals surface area contributed by atoms with E-state index in [1.165, 1.54) is 0 Å². The molecule has 1 aliphatic heterocycles. The molecule has 2 atom stereocenters. The first-order valence-electron chi connectivity index (χ1n) is 6.36. The van der Waals surface area contributed by atoms with Gasteiger partial charge in [-0.25, -0.2) is 0 Å². The van der Waals surface area contributed by atoms with Crippen LogP contribution in [0.4, 0.5) is 5.69 Å². The molecule has 1 fully saturated rings. The lowest BCUT2D eigenvalue weighted by Crippen LogP contribution is -2.61. The highest BCUT2D eigenvalue weighted by Crippen LogP contribution is 2.32. The number of benzene rings is 1. The van der Waals surface area contributed by atoms with Crippen LogP contribution in [0.15, 0.2) is 22.7 Å². The van der Waals surface area contributed by atoms with E-state index in [2.05, 4.69) is 22.9 Å². The van der Waals surface area contributed by atoms with Crippen LogP contribution >= 0.6 is 15.9 Å². The number of carbonyl (C=O) groups is 1. The van der Waals surface area contributed by atoms with Gasteiger partial charge in [0.1, 0.15) is 6.04 Å². The molecule has 0 bridgehead atoms. The first-order chi connectivity index (χ1) is 8.95. The van der Waals surface area contributed by atoms with Crippen LogP contribution in [0.1, 0.15) is 12.5 Å². The number of aliphatic hydroxyl groups excluding tert-OH is 1. The van der Waals surface area contributed by atoms with Gasteiger partial charge in [-0.2, -0.15) is 0 Å². The van der Waals surface area contributed by atoms with Crippen molar-refractivity contribution in [3.63, 3.8) is 0 Å². The molecule has 0 spiro atoms. The van der Waals surface area contributed by atoms with Crippen molar-refractivity contribution < 1.29 is 9.90 Å². The van der Waals surface area contributed by atoms with Crippen molar-refractivity contribution in [3.05, 3.63) is 28.2 Å². The van der Waals surface area contributed by atoms with Crippen LogP contribution in [0.3, 0.4) is 0 Å². The van der Waals surface area contributed by atoms with Crippen LogP contribution in [0.25, 0.3) is 0 Å². The molecule has 5 heteroatoms. The Balaban J connectivity index is 2.42. The number of aliphatic hydroxyl groups is 1. The summed E-state index contributed by atoms with van der Waals surface area (Å²) in [5.41, 5.74) is 2.11. The number of hydrogen-bond acceptors (Lipinski definition) is 3. The molecule has 1 aliphatic rings. The average molecular weight is 327 g/mol. The van der Waals surface area contributed by atoms with Gasteiger partial charge >= 0.3 is 0 Å². The second kappa shape index (κ2) is 5.51. The number of piperazine rings is 1. The Morgan fingerprint density at radius 2 is 2.16 bits per heavy atom. The Morgan fingerprint density at radius 3 is 2.74 bits per heavy atom. The summed E-state index contributed by atoms with van der Waals surface area (Å²) in [5, 5.41) is 9.57. The first-order valence-corrected chi connectivity index (χ1v) is 7.15. The number of amides is 1. The molecule has 0 aliphatic carbocycles. The third-order valence-corrected chi connectivity index (χ3v) is 4.20. The van der Waals surface area contributed by atoms with Gasteiger partial charge in [0.15, 0.2) is 0 Å². The number of likely N-dealkylation sites (N-methyl/N-ethyl adjacent to an activating group) is 1. The summed E-state index contributed by atoms with van der Waals surface area (Å²) in [6.45, 7) is 4.58. The predicted molar refractivity (Wildman–Crippen MR) is 79.3 cm³/mol. The summed E-state index contributed by atoms with van der Waals surface area (Å²) in [6, 6.07) is 5.70. The largest absolute Gasteiger partial charge is 0.394 e. The summed E-state index contributed by atoms with van der Waals surface area (Å²) in [4.78, 5) is 15.9. The maximum absolute atomic E-state index is 12.2. The molecule has 2 rings (SSSR count). The van der Waals surface area contributed by atoms with Crippen LogP contribution < -0.4 is 4.90 Å². The Morgan fingerprint density at radius 1 is 1.47 bits per heavy atom. The highest BCUT2D eigenvalue weighted by molar-refractivity contribution is 9.10. The van der Waals surface area contributed by atoms with Crippen molar-refractivity contribution in [3.8, 4) is 0 Å². The number of nitrogens with zero attached hydrogens (tertiary/aromatic N) is 2. The monoisotopic (exact) mass is 326 g/mol. The zero-order chi connectivity index (χ0) is 14.2. The van der Waals surface area contributed by atoms with Gasteiger partial charge < -0.3 is 14.9 Å². The van der Waals surface area contributed by atoms with Gasteiger partial charge in [-0.3, -0.25) is 4.79 Å². The van der Waals surface area contributed by atoms with Crippen molar-refractivity contribution in [2.45, 2.75) is 25.9 Å². The van der Waals surface area contributed by atoms with Crippen LogP contribution in [-0.4, -0.2) is 48.2 Å². The molecular formula is C14H19BrN2O2. The quantitative estimate of drug-likeness (QED) is 0.901. The minimum atomic E-state index is -0.507. The number of aryl methyl sites for hydroxylation is 1. The minimum Gasteiger partial charge on any atom is -0.394 e. The van der Waals surface area contributed by atoms with E-state index >= 15 is 0 Å². The highest BCUT2D eigenvalue weighted by atomic mass is 79.9. The maximum atomic E-state index is 12.2. The molecule has 0 radical (unpaired) electrons. The SMILES string of the molecule is Cc1ccc(N2C(C)CN(C)C(=O)C2CO)c(Br)c1. The van der Waals surface area contributed by atoms with Gasteiger partial charge in [0.05, 0.1) is 12.3 Å². The molecule has 1 saturated heterocycles. The lowest BCUT2D eigenvalue weighted by atomic mass is 10.0. The van der Waals surface area contributed by atoms with Crippen LogP contribution in [0, 0.1) is 6.92 Å². The van der Waals surface area contributed by atoms with Crippen LogP contribution in [-0.2, 0) is 4.79 Å².